The fourth-order valence-corrected chi connectivity index (χ4v) is 3.83. The summed E-state index contributed by atoms with van der Waals surface area (Å²) in [6.45, 7) is 6.21. The molecule has 2 aromatic rings. The van der Waals surface area contributed by atoms with Crippen molar-refractivity contribution in [1.82, 2.24) is 14.5 Å². The number of fused-ring (bicyclic) bond motifs is 3. The molecular weight excluding hydrogens is 296 g/mol. The highest BCUT2D eigenvalue weighted by Crippen LogP contribution is 2.38. The van der Waals surface area contributed by atoms with Crippen LogP contribution < -0.4 is 5.32 Å². The highest BCUT2D eigenvalue weighted by atomic mass is 35.5. The molecule has 4 nitrogen and oxygen atoms in total. The van der Waals surface area contributed by atoms with Gasteiger partial charge in [-0.2, -0.15) is 0 Å². The summed E-state index contributed by atoms with van der Waals surface area (Å²) in [5, 5.41) is 4.19. The molecule has 0 aromatic carbocycles. The lowest BCUT2D eigenvalue weighted by molar-refractivity contribution is 0.529. The number of nitrogens with zero attached hydrogens (tertiary/aromatic N) is 3. The first-order valence-electron chi connectivity index (χ1n) is 8.55. The van der Waals surface area contributed by atoms with E-state index in [9.17, 15) is 0 Å². The normalized spacial score (nSPS) is 21.2. The third-order valence-electron chi connectivity index (χ3n) is 4.70. The molecule has 2 aliphatic rings. The van der Waals surface area contributed by atoms with Gasteiger partial charge in [0.2, 0.25) is 0 Å². The van der Waals surface area contributed by atoms with Crippen LogP contribution in [-0.2, 0) is 6.42 Å². The van der Waals surface area contributed by atoms with Crippen LogP contribution in [0.25, 0.3) is 11.2 Å². The third kappa shape index (κ3) is 2.58. The van der Waals surface area contributed by atoms with Crippen molar-refractivity contribution in [3.05, 3.63) is 17.0 Å². The van der Waals surface area contributed by atoms with Gasteiger partial charge in [-0.15, -0.1) is 0 Å². The number of aromatic nitrogens is 3. The van der Waals surface area contributed by atoms with E-state index >= 15 is 0 Å². The van der Waals surface area contributed by atoms with Gasteiger partial charge in [-0.3, -0.25) is 0 Å². The molecule has 4 rings (SSSR count). The predicted octanol–water partition coefficient (Wildman–Crippen LogP) is 4.97. The van der Waals surface area contributed by atoms with Crippen LogP contribution in [0.15, 0.2) is 6.33 Å². The highest BCUT2D eigenvalue weighted by molar-refractivity contribution is 6.31. The van der Waals surface area contributed by atoms with Crippen LogP contribution in [0, 0.1) is 0 Å². The molecule has 0 radical (unpaired) electrons. The van der Waals surface area contributed by atoms with Crippen LogP contribution in [-0.4, -0.2) is 20.6 Å². The van der Waals surface area contributed by atoms with Crippen molar-refractivity contribution in [2.24, 2.45) is 0 Å². The zero-order valence-corrected chi connectivity index (χ0v) is 14.5. The molecule has 1 fully saturated rings. The summed E-state index contributed by atoms with van der Waals surface area (Å²) in [5.74, 6) is 0. The summed E-state index contributed by atoms with van der Waals surface area (Å²) < 4.78 is 2.23. The summed E-state index contributed by atoms with van der Waals surface area (Å²) in [4.78, 5) is 9.28. The Hall–Kier alpha value is -1.29. The van der Waals surface area contributed by atoms with Gasteiger partial charge in [-0.05, 0) is 32.6 Å². The van der Waals surface area contributed by atoms with E-state index < -0.39 is 0 Å². The molecule has 1 N–H and O–H groups in total. The van der Waals surface area contributed by atoms with Crippen LogP contribution in [0.2, 0.25) is 5.15 Å². The van der Waals surface area contributed by atoms with Crippen molar-refractivity contribution >= 4 is 28.5 Å². The summed E-state index contributed by atoms with van der Waals surface area (Å²) in [7, 11) is 0. The van der Waals surface area contributed by atoms with Gasteiger partial charge in [-0.1, -0.05) is 38.3 Å². The van der Waals surface area contributed by atoms with E-state index in [1.165, 1.54) is 25.7 Å². The van der Waals surface area contributed by atoms with Gasteiger partial charge in [0.15, 0.2) is 5.65 Å². The van der Waals surface area contributed by atoms with Gasteiger partial charge in [0.1, 0.15) is 10.7 Å². The number of anilines is 1. The molecule has 22 heavy (non-hydrogen) atoms. The lowest BCUT2D eigenvalue weighted by atomic mass is 10.0. The van der Waals surface area contributed by atoms with Gasteiger partial charge in [0.25, 0.3) is 0 Å². The molecule has 3 heterocycles. The number of rotatable bonds is 1. The Labute approximate surface area is 137 Å². The van der Waals surface area contributed by atoms with Crippen LogP contribution in [0.3, 0.4) is 0 Å². The van der Waals surface area contributed by atoms with E-state index in [0.29, 0.717) is 17.2 Å². The second-order valence-electron chi connectivity index (χ2n) is 6.10. The maximum Gasteiger partial charge on any atom is 0.163 e. The second kappa shape index (κ2) is 6.45. The number of hydrogen-bond donors (Lipinski definition) is 1. The molecule has 5 heteroatoms. The Morgan fingerprint density at radius 2 is 1.95 bits per heavy atom. The summed E-state index contributed by atoms with van der Waals surface area (Å²) in [5.41, 5.74) is 4.18. The Kier molecular flexibility index (Phi) is 4.57. The van der Waals surface area contributed by atoms with Crippen LogP contribution in [0.5, 0.6) is 0 Å². The average molecular weight is 321 g/mol. The molecule has 1 aliphatic heterocycles. The summed E-state index contributed by atoms with van der Waals surface area (Å²) >= 11 is 6.41. The zero-order chi connectivity index (χ0) is 15.7. The number of nitrogens with one attached hydrogen (secondary N) is 1. The molecule has 0 amide bonds. The van der Waals surface area contributed by atoms with Gasteiger partial charge >= 0.3 is 0 Å². The Balaban J connectivity index is 0.000000693. The Morgan fingerprint density at radius 3 is 2.68 bits per heavy atom. The molecule has 0 bridgehead atoms. The molecule has 1 unspecified atom stereocenters. The maximum absolute atomic E-state index is 6.41. The SMILES string of the molecule is CC.CC1CCc2c(Cl)nc3c(ncn3C3CCCC3)c2N1. The molecule has 1 atom stereocenters. The van der Waals surface area contributed by atoms with Gasteiger partial charge in [-0.25, -0.2) is 9.97 Å². The number of imidazole rings is 1. The van der Waals surface area contributed by atoms with E-state index in [2.05, 4.69) is 26.8 Å². The van der Waals surface area contributed by atoms with Gasteiger partial charge < -0.3 is 9.88 Å². The minimum atomic E-state index is 0.473. The van der Waals surface area contributed by atoms with Crippen LogP contribution in [0.1, 0.15) is 64.5 Å². The van der Waals surface area contributed by atoms with Crippen molar-refractivity contribution in [3.8, 4) is 0 Å². The Bertz CT molecular complexity index is 658. The fourth-order valence-electron chi connectivity index (χ4n) is 3.56. The molecule has 1 aliphatic carbocycles. The van der Waals surface area contributed by atoms with Crippen LogP contribution in [0.4, 0.5) is 5.69 Å². The summed E-state index contributed by atoms with van der Waals surface area (Å²) in [6, 6.07) is 1.02. The average Bonchev–Trinajstić information content (AvgIpc) is 3.18. The van der Waals surface area contributed by atoms with Crippen LogP contribution >= 0.6 is 11.6 Å². The van der Waals surface area contributed by atoms with E-state index in [1.807, 2.05) is 20.2 Å². The number of pyridine rings is 1. The molecule has 1 saturated carbocycles. The fraction of sp³-hybridized carbons (Fsp3) is 0.647. The van der Waals surface area contributed by atoms with Crippen molar-refractivity contribution in [3.63, 3.8) is 0 Å². The van der Waals surface area contributed by atoms with Gasteiger partial charge in [0.05, 0.1) is 12.0 Å². The first-order chi connectivity index (χ1) is 10.7. The van der Waals surface area contributed by atoms with E-state index in [4.69, 9.17) is 11.6 Å². The molecule has 120 valence electrons. The quantitative estimate of drug-likeness (QED) is 0.754. The first-order valence-corrected chi connectivity index (χ1v) is 8.93. The Morgan fingerprint density at radius 1 is 1.23 bits per heavy atom. The zero-order valence-electron chi connectivity index (χ0n) is 13.7. The summed E-state index contributed by atoms with van der Waals surface area (Å²) in [6.07, 6.45) is 9.10. The monoisotopic (exact) mass is 320 g/mol. The third-order valence-corrected chi connectivity index (χ3v) is 5.01. The smallest absolute Gasteiger partial charge is 0.163 e. The van der Waals surface area contributed by atoms with Crippen molar-refractivity contribution < 1.29 is 0 Å². The second-order valence-corrected chi connectivity index (χ2v) is 6.46. The number of halogens is 1. The van der Waals surface area contributed by atoms with E-state index in [-0.39, 0.29) is 0 Å². The topological polar surface area (TPSA) is 42.7 Å². The minimum Gasteiger partial charge on any atom is -0.380 e. The maximum atomic E-state index is 6.41. The molecule has 0 saturated heterocycles. The lowest BCUT2D eigenvalue weighted by Gasteiger charge is -2.25. The largest absolute Gasteiger partial charge is 0.380 e. The highest BCUT2D eigenvalue weighted by Gasteiger charge is 2.25. The first kappa shape index (κ1) is 15.6. The molecule has 2 aromatic heterocycles. The van der Waals surface area contributed by atoms with Gasteiger partial charge in [0, 0.05) is 17.6 Å². The lowest BCUT2D eigenvalue weighted by Crippen LogP contribution is -2.23. The van der Waals surface area contributed by atoms with Crippen molar-refractivity contribution in [2.45, 2.75) is 71.4 Å². The van der Waals surface area contributed by atoms with E-state index in [1.54, 1.807) is 0 Å². The minimum absolute atomic E-state index is 0.473. The molecular formula is C17H25ClN4. The van der Waals surface area contributed by atoms with Crippen molar-refractivity contribution in [1.29, 1.82) is 0 Å². The molecule has 0 spiro atoms. The number of hydrogen-bond acceptors (Lipinski definition) is 3. The standard InChI is InChI=1S/C15H19ClN4.C2H6/c1-9-6-7-11-12(18-9)13-15(19-14(11)16)20(8-17-13)10-4-2-3-5-10;1-2/h8-10,18H,2-7H2,1H3;1-2H3. The predicted molar refractivity (Wildman–Crippen MR) is 92.8 cm³/mol. The van der Waals surface area contributed by atoms with Crippen molar-refractivity contribution in [2.75, 3.05) is 5.32 Å². The van der Waals surface area contributed by atoms with E-state index in [0.717, 1.165) is 35.3 Å².